The van der Waals surface area contributed by atoms with E-state index in [1.54, 1.807) is 0 Å². The zero-order valence-corrected chi connectivity index (χ0v) is 13.7. The van der Waals surface area contributed by atoms with Gasteiger partial charge in [-0.3, -0.25) is 0 Å². The first kappa shape index (κ1) is 14.1. The average Bonchev–Trinajstić information content (AvgIpc) is 2.28. The maximum Gasteiger partial charge on any atom is 0.0136 e. The molecule has 1 radical (unpaired) electrons. The van der Waals surface area contributed by atoms with Gasteiger partial charge in [0.1, 0.15) is 0 Å². The molecule has 0 N–H and O–H groups in total. The number of hydrogen-bond donors (Lipinski definition) is 0. The standard InChI is InChI=1S/C14H10I.Y/c15-14-8-4-7-13(11-14)10-9-12-5-2-1-3-6-12;/h2-11H;/q-1;/b10-9+;. The summed E-state index contributed by atoms with van der Waals surface area (Å²) in [5.74, 6) is 0. The van der Waals surface area contributed by atoms with Crippen molar-refractivity contribution >= 4 is 34.7 Å². The zero-order valence-electron chi connectivity index (χ0n) is 8.73. The van der Waals surface area contributed by atoms with Crippen LogP contribution in [0, 0.1) is 9.64 Å². The van der Waals surface area contributed by atoms with Crippen molar-refractivity contribution in [2.45, 2.75) is 0 Å². The van der Waals surface area contributed by atoms with Crippen LogP contribution < -0.4 is 0 Å². The molecule has 0 aliphatic heterocycles. The van der Waals surface area contributed by atoms with E-state index in [0.29, 0.717) is 0 Å². The molecule has 0 spiro atoms. The molecule has 0 aliphatic carbocycles. The Balaban J connectivity index is 0.00000128. The molecule has 2 heteroatoms. The first-order valence-corrected chi connectivity index (χ1v) is 5.82. The maximum absolute atomic E-state index is 3.00. The number of halogens is 1. The summed E-state index contributed by atoms with van der Waals surface area (Å²) in [6.07, 6.45) is 4.23. The molecule has 16 heavy (non-hydrogen) atoms. The topological polar surface area (TPSA) is 0 Å². The van der Waals surface area contributed by atoms with Gasteiger partial charge in [0.15, 0.2) is 0 Å². The van der Waals surface area contributed by atoms with Gasteiger partial charge >= 0.3 is 0 Å². The molecule has 0 fully saturated rings. The van der Waals surface area contributed by atoms with E-state index in [4.69, 9.17) is 0 Å². The quantitative estimate of drug-likeness (QED) is 0.406. The Bertz CT molecular complexity index is 463. The summed E-state index contributed by atoms with van der Waals surface area (Å²) in [7, 11) is 0. The van der Waals surface area contributed by atoms with Crippen molar-refractivity contribution in [2.75, 3.05) is 0 Å². The normalized spacial score (nSPS) is 10.1. The Morgan fingerprint density at radius 1 is 0.938 bits per heavy atom. The van der Waals surface area contributed by atoms with E-state index in [2.05, 4.69) is 65.1 Å². The van der Waals surface area contributed by atoms with Gasteiger partial charge in [0.25, 0.3) is 0 Å². The van der Waals surface area contributed by atoms with E-state index in [1.165, 1.54) is 14.7 Å². The first-order chi connectivity index (χ1) is 7.34. The first-order valence-electron chi connectivity index (χ1n) is 4.74. The summed E-state index contributed by atoms with van der Waals surface area (Å²) in [6, 6.07) is 19.4. The minimum absolute atomic E-state index is 0. The van der Waals surface area contributed by atoms with Gasteiger partial charge in [0, 0.05) is 36.3 Å². The van der Waals surface area contributed by atoms with Crippen molar-refractivity contribution in [3.63, 3.8) is 0 Å². The van der Waals surface area contributed by atoms with Crippen molar-refractivity contribution in [1.82, 2.24) is 0 Å². The van der Waals surface area contributed by atoms with Gasteiger partial charge in [-0.15, -0.1) is 5.56 Å². The molecule has 2 aromatic carbocycles. The third kappa shape index (κ3) is 4.48. The molecule has 2 rings (SSSR count). The summed E-state index contributed by atoms with van der Waals surface area (Å²) >= 11 is 2.32. The van der Waals surface area contributed by atoms with E-state index in [-0.39, 0.29) is 32.7 Å². The molecular weight excluding hydrogens is 384 g/mol. The fraction of sp³-hybridized carbons (Fsp3) is 0. The smallest absolute Gasteiger partial charge is 0.0136 e. The van der Waals surface area contributed by atoms with Crippen LogP contribution in [0.4, 0.5) is 0 Å². The molecule has 0 saturated carbocycles. The Hall–Kier alpha value is 0.0139. The van der Waals surface area contributed by atoms with Crippen LogP contribution in [0.25, 0.3) is 12.2 Å². The van der Waals surface area contributed by atoms with Crippen LogP contribution in [-0.2, 0) is 32.7 Å². The Morgan fingerprint density at radius 2 is 1.62 bits per heavy atom. The maximum atomic E-state index is 3.00. The van der Waals surface area contributed by atoms with E-state index in [9.17, 15) is 0 Å². The van der Waals surface area contributed by atoms with Gasteiger partial charge in [-0.1, -0.05) is 24.3 Å². The molecule has 0 unspecified atom stereocenters. The van der Waals surface area contributed by atoms with Gasteiger partial charge in [-0.25, -0.2) is 0 Å². The van der Waals surface area contributed by atoms with Gasteiger partial charge < -0.3 is 0 Å². The van der Waals surface area contributed by atoms with Gasteiger partial charge in [-0.2, -0.15) is 30.3 Å². The second-order valence-corrected chi connectivity index (χ2v) is 4.47. The third-order valence-corrected chi connectivity index (χ3v) is 2.73. The van der Waals surface area contributed by atoms with Crippen molar-refractivity contribution in [2.24, 2.45) is 0 Å². The van der Waals surface area contributed by atoms with Crippen LogP contribution in [0.3, 0.4) is 0 Å². The Kier molecular flexibility index (Phi) is 6.48. The van der Waals surface area contributed by atoms with Crippen LogP contribution in [0.1, 0.15) is 11.1 Å². The number of hydrogen-bond acceptors (Lipinski definition) is 0. The Morgan fingerprint density at radius 3 is 2.31 bits per heavy atom. The summed E-state index contributed by atoms with van der Waals surface area (Å²) in [6.45, 7) is 0. The molecule has 77 valence electrons. The monoisotopic (exact) mass is 394 g/mol. The zero-order chi connectivity index (χ0) is 10.5. The van der Waals surface area contributed by atoms with E-state index < -0.39 is 0 Å². The summed E-state index contributed by atoms with van der Waals surface area (Å²) in [4.78, 5) is 0. The molecule has 0 saturated heterocycles. The molecule has 2 aromatic rings. The predicted molar refractivity (Wildman–Crippen MR) is 73.4 cm³/mol. The fourth-order valence-corrected chi connectivity index (χ4v) is 1.88. The van der Waals surface area contributed by atoms with Crippen molar-refractivity contribution in [3.05, 3.63) is 69.3 Å². The van der Waals surface area contributed by atoms with Gasteiger partial charge in [0.05, 0.1) is 0 Å². The summed E-state index contributed by atoms with van der Waals surface area (Å²) < 4.78 is 1.26. The molecule has 0 heterocycles. The van der Waals surface area contributed by atoms with E-state index >= 15 is 0 Å². The van der Waals surface area contributed by atoms with E-state index in [1.807, 2.05) is 24.3 Å². The fourth-order valence-electron chi connectivity index (χ4n) is 1.31. The van der Waals surface area contributed by atoms with Crippen molar-refractivity contribution in [3.8, 4) is 0 Å². The Labute approximate surface area is 135 Å². The van der Waals surface area contributed by atoms with Gasteiger partial charge in [-0.05, 0) is 40.3 Å². The van der Waals surface area contributed by atoms with Crippen LogP contribution in [0.15, 0.2) is 48.5 Å². The molecule has 0 aliphatic rings. The molecule has 0 amide bonds. The minimum Gasteiger partial charge on any atom is -0.184 e. The number of rotatable bonds is 2. The molecule has 0 nitrogen and oxygen atoms in total. The van der Waals surface area contributed by atoms with Crippen LogP contribution in [0.2, 0.25) is 0 Å². The third-order valence-electron chi connectivity index (χ3n) is 2.06. The number of benzene rings is 2. The second-order valence-electron chi connectivity index (χ2n) is 3.22. The molecule has 0 aromatic heterocycles. The van der Waals surface area contributed by atoms with Crippen molar-refractivity contribution < 1.29 is 32.7 Å². The van der Waals surface area contributed by atoms with E-state index in [0.717, 1.165) is 0 Å². The van der Waals surface area contributed by atoms with Crippen LogP contribution in [0.5, 0.6) is 0 Å². The molecule has 0 atom stereocenters. The van der Waals surface area contributed by atoms with Crippen LogP contribution in [-0.4, -0.2) is 0 Å². The second kappa shape index (κ2) is 7.36. The predicted octanol–water partition coefficient (Wildman–Crippen LogP) is 4.26. The van der Waals surface area contributed by atoms with Crippen molar-refractivity contribution in [1.29, 1.82) is 0 Å². The largest absolute Gasteiger partial charge is 0.184 e. The summed E-state index contributed by atoms with van der Waals surface area (Å²) in [5.41, 5.74) is 2.43. The van der Waals surface area contributed by atoms with Crippen LogP contribution >= 0.6 is 22.6 Å². The molecular formula is C14H10IY-. The minimum atomic E-state index is 0. The average molecular weight is 394 g/mol. The summed E-state index contributed by atoms with van der Waals surface area (Å²) in [5, 5.41) is 0. The van der Waals surface area contributed by atoms with Gasteiger partial charge in [0.2, 0.25) is 0 Å². The SMILES string of the molecule is Ic1cccc(/C=C/c2cc[c-]cc2)c1.[Y]. The molecule has 0 bridgehead atoms.